The number of carbonyl (C=O) groups excluding carboxylic acids is 2. The third-order valence-electron chi connectivity index (χ3n) is 11.3. The molecule has 1 amide bonds. The maximum absolute atomic E-state index is 14.4. The van der Waals surface area contributed by atoms with Gasteiger partial charge >= 0.3 is 0 Å². The zero-order valence-electron chi connectivity index (χ0n) is 29.4. The van der Waals surface area contributed by atoms with Gasteiger partial charge in [-0.05, 0) is 117 Å². The molecule has 4 aliphatic rings. The van der Waals surface area contributed by atoms with Gasteiger partial charge in [-0.2, -0.15) is 4.36 Å². The molecule has 2 aliphatic heterocycles. The van der Waals surface area contributed by atoms with Crippen LogP contribution < -0.4 is 9.64 Å². The van der Waals surface area contributed by atoms with Gasteiger partial charge in [0.05, 0.1) is 33.9 Å². The highest BCUT2D eigenvalue weighted by molar-refractivity contribution is 7.94. The van der Waals surface area contributed by atoms with E-state index < -0.39 is 15.6 Å². The van der Waals surface area contributed by atoms with Gasteiger partial charge in [0.1, 0.15) is 11.5 Å². The highest BCUT2D eigenvalue weighted by atomic mass is 32.2. The first-order valence-electron chi connectivity index (χ1n) is 18.2. The van der Waals surface area contributed by atoms with Crippen LogP contribution in [0.1, 0.15) is 77.6 Å². The molecule has 3 aromatic rings. The van der Waals surface area contributed by atoms with Gasteiger partial charge < -0.3 is 14.4 Å². The summed E-state index contributed by atoms with van der Waals surface area (Å²) in [7, 11) is -1.36. The Bertz CT molecular complexity index is 1880. The summed E-state index contributed by atoms with van der Waals surface area (Å²) >= 11 is 0. The lowest BCUT2D eigenvalue weighted by Gasteiger charge is -2.46. The molecule has 0 saturated heterocycles. The summed E-state index contributed by atoms with van der Waals surface area (Å²) in [4.78, 5) is 33.6. The lowest BCUT2D eigenvalue weighted by atomic mass is 9.68. The van der Waals surface area contributed by atoms with Gasteiger partial charge in [0, 0.05) is 55.7 Å². The molecule has 2 aromatic carbocycles. The van der Waals surface area contributed by atoms with E-state index in [0.717, 1.165) is 62.2 Å². The molecule has 2 aliphatic carbocycles. The van der Waals surface area contributed by atoms with E-state index in [1.54, 1.807) is 25.6 Å². The van der Waals surface area contributed by atoms with Crippen LogP contribution in [0.5, 0.6) is 5.75 Å². The molecule has 1 saturated carbocycles. The molecule has 3 heterocycles. The van der Waals surface area contributed by atoms with Crippen LogP contribution in [-0.2, 0) is 37.5 Å². The van der Waals surface area contributed by atoms with Crippen molar-refractivity contribution in [2.45, 2.75) is 76.2 Å². The highest BCUT2D eigenvalue weighted by Gasteiger charge is 2.44. The summed E-state index contributed by atoms with van der Waals surface area (Å²) in [5.74, 6) is 0.817. The molecule has 50 heavy (non-hydrogen) atoms. The summed E-state index contributed by atoms with van der Waals surface area (Å²) in [6, 6.07) is 16.1. The fourth-order valence-corrected chi connectivity index (χ4v) is 10.5. The maximum atomic E-state index is 14.4. The smallest absolute Gasteiger partial charge is 0.285 e. The Hall–Kier alpha value is -3.82. The molecule has 264 valence electrons. The Morgan fingerprint density at radius 2 is 1.96 bits per heavy atom. The van der Waals surface area contributed by atoms with Gasteiger partial charge in [-0.1, -0.05) is 35.9 Å². The second kappa shape index (κ2) is 14.8. The van der Waals surface area contributed by atoms with Crippen molar-refractivity contribution in [1.29, 1.82) is 0 Å². The molecule has 7 rings (SSSR count). The Labute approximate surface area is 296 Å². The quantitative estimate of drug-likeness (QED) is 0.255. The first-order chi connectivity index (χ1) is 24.2. The standard InChI is InChI=1S/C41H49N3O5S/c1-29-9-15-36-31(23-29)7-6-19-41(36)27-44-25-33-11-14-35(33)38(48-2)8-4-3-5-22-50(47,26-34(45)13-10-30-17-20-42-21-18-30)43-40(46)32-12-16-39(49-28-41)37(44)24-32/h4,8-9,12,15-18,20-21,23-24,33,35,38H,3,5-7,10-11,13-14,19,22,25-28H2,1-2H3/b8-4+/t33-,35+,38-,41-,50+/m0/s1. The van der Waals surface area contributed by atoms with Gasteiger partial charge in [-0.25, -0.2) is 4.21 Å². The van der Waals surface area contributed by atoms with E-state index in [2.05, 4.69) is 51.5 Å². The lowest BCUT2D eigenvalue weighted by Crippen LogP contribution is -2.49. The van der Waals surface area contributed by atoms with E-state index >= 15 is 0 Å². The summed E-state index contributed by atoms with van der Waals surface area (Å²) in [6.45, 7) is 4.33. The summed E-state index contributed by atoms with van der Waals surface area (Å²) in [5, 5.41) is 0. The Kier molecular flexibility index (Phi) is 10.3. The van der Waals surface area contributed by atoms with Gasteiger partial charge in [-0.3, -0.25) is 14.6 Å². The molecule has 1 fully saturated rings. The van der Waals surface area contributed by atoms with Crippen molar-refractivity contribution in [3.05, 3.63) is 101 Å². The van der Waals surface area contributed by atoms with E-state index in [4.69, 9.17) is 9.47 Å². The highest BCUT2D eigenvalue weighted by Crippen LogP contribution is 2.47. The number of ketones is 1. The number of hydrogen-bond donors (Lipinski definition) is 0. The van der Waals surface area contributed by atoms with E-state index in [1.807, 2.05) is 24.3 Å². The van der Waals surface area contributed by atoms with E-state index in [9.17, 15) is 13.8 Å². The number of anilines is 1. The molecule has 1 aromatic heterocycles. The number of aryl methyl sites for hydroxylation is 3. The maximum Gasteiger partial charge on any atom is 0.285 e. The molecule has 1 spiro atoms. The predicted octanol–water partition coefficient (Wildman–Crippen LogP) is 7.06. The fraction of sp³-hybridized carbons (Fsp3) is 0.488. The number of nitrogens with zero attached hydrogens (tertiary/aromatic N) is 3. The molecular weight excluding hydrogens is 647 g/mol. The topological polar surface area (TPSA) is 98.2 Å². The lowest BCUT2D eigenvalue weighted by molar-refractivity contribution is -0.116. The van der Waals surface area contributed by atoms with Crippen molar-refractivity contribution in [3.63, 3.8) is 0 Å². The van der Waals surface area contributed by atoms with Gasteiger partial charge in [-0.15, -0.1) is 0 Å². The van der Waals surface area contributed by atoms with Crippen molar-refractivity contribution in [2.75, 3.05) is 43.2 Å². The summed E-state index contributed by atoms with van der Waals surface area (Å²) < 4.78 is 31.5. The summed E-state index contributed by atoms with van der Waals surface area (Å²) in [6.07, 6.45) is 15.1. The van der Waals surface area contributed by atoms with Crippen LogP contribution in [0.2, 0.25) is 0 Å². The molecule has 5 atom stereocenters. The number of aromatic nitrogens is 1. The average Bonchev–Trinajstić information content (AvgIpc) is 3.25. The molecule has 0 N–H and O–H groups in total. The number of carbonyl (C=O) groups is 2. The van der Waals surface area contributed by atoms with Crippen molar-refractivity contribution in [1.82, 2.24) is 4.98 Å². The number of allylic oxidation sites excluding steroid dienone is 1. The molecular formula is C41H49N3O5S. The number of ether oxygens (including phenoxy) is 2. The average molecular weight is 696 g/mol. The number of hydrogen-bond acceptors (Lipinski definition) is 7. The zero-order valence-corrected chi connectivity index (χ0v) is 30.2. The van der Waals surface area contributed by atoms with Crippen LogP contribution in [0.4, 0.5) is 5.69 Å². The molecule has 9 heteroatoms. The fourth-order valence-electron chi connectivity index (χ4n) is 8.51. The van der Waals surface area contributed by atoms with Gasteiger partial charge in [0.25, 0.3) is 5.91 Å². The second-order valence-corrected chi connectivity index (χ2v) is 17.3. The number of methoxy groups -OCH3 is 1. The monoisotopic (exact) mass is 695 g/mol. The number of amides is 1. The molecule has 8 nitrogen and oxygen atoms in total. The molecule has 0 radical (unpaired) electrons. The number of pyridine rings is 1. The minimum atomic E-state index is -3.14. The van der Waals surface area contributed by atoms with Crippen LogP contribution in [0.15, 0.2) is 77.4 Å². The first kappa shape index (κ1) is 34.6. The number of rotatable bonds is 6. The van der Waals surface area contributed by atoms with Crippen molar-refractivity contribution in [3.8, 4) is 5.75 Å². The number of benzene rings is 2. The molecule has 0 unspecified atom stereocenters. The van der Waals surface area contributed by atoms with Gasteiger partial charge in [0.2, 0.25) is 0 Å². The Morgan fingerprint density at radius 1 is 1.10 bits per heavy atom. The van der Waals surface area contributed by atoms with E-state index in [-0.39, 0.29) is 35.2 Å². The van der Waals surface area contributed by atoms with Crippen LogP contribution in [0.25, 0.3) is 0 Å². The minimum absolute atomic E-state index is 0.00610. The minimum Gasteiger partial charge on any atom is -0.490 e. The third-order valence-corrected chi connectivity index (χ3v) is 13.5. The number of Topliss-reactive ketones (excluding diaryl/α,β-unsaturated/α-hetero) is 1. The van der Waals surface area contributed by atoms with Crippen LogP contribution in [0, 0.1) is 18.8 Å². The normalized spacial score (nSPS) is 28.6. The third kappa shape index (κ3) is 7.45. The Morgan fingerprint density at radius 3 is 2.76 bits per heavy atom. The zero-order chi connectivity index (χ0) is 34.7. The van der Waals surface area contributed by atoms with Crippen molar-refractivity contribution >= 4 is 27.1 Å². The first-order valence-corrected chi connectivity index (χ1v) is 20.1. The predicted molar refractivity (Wildman–Crippen MR) is 198 cm³/mol. The van der Waals surface area contributed by atoms with Crippen LogP contribution in [0.3, 0.4) is 0 Å². The second-order valence-electron chi connectivity index (χ2n) is 14.8. The number of fused-ring (bicyclic) bond motifs is 4. The van der Waals surface area contributed by atoms with Crippen molar-refractivity contribution in [2.24, 2.45) is 16.2 Å². The van der Waals surface area contributed by atoms with Gasteiger partial charge in [0.15, 0.2) is 0 Å². The summed E-state index contributed by atoms with van der Waals surface area (Å²) in [5.41, 5.74) is 6.12. The van der Waals surface area contributed by atoms with Crippen LogP contribution in [-0.4, -0.2) is 65.3 Å². The van der Waals surface area contributed by atoms with Crippen molar-refractivity contribution < 1.29 is 23.3 Å². The van der Waals surface area contributed by atoms with E-state index in [0.29, 0.717) is 43.3 Å². The largest absolute Gasteiger partial charge is 0.490 e. The van der Waals surface area contributed by atoms with Crippen LogP contribution >= 0.6 is 0 Å². The molecule has 2 bridgehead atoms. The SMILES string of the molecule is CO[C@H]1/C=C/CCC[S@@](=O)(CC(=O)CCc2ccncc2)=NC(=O)c2ccc3c(c2)N(C[C@@H]2CC[C@H]21)C[C@@]1(CCCc2cc(C)ccc21)CO3. The van der Waals surface area contributed by atoms with E-state index in [1.165, 1.54) is 16.7 Å². The Balaban J connectivity index is 1.24.